The van der Waals surface area contributed by atoms with E-state index < -0.39 is 5.82 Å². The van der Waals surface area contributed by atoms with Crippen molar-refractivity contribution in [3.8, 4) is 17.0 Å². The van der Waals surface area contributed by atoms with Gasteiger partial charge in [0, 0.05) is 11.8 Å². The van der Waals surface area contributed by atoms with Crippen LogP contribution in [0.25, 0.3) is 11.3 Å². The fraction of sp³-hybridized carbons (Fsp3) is 0.0909. The number of hydrogen-bond acceptors (Lipinski definition) is 3. The molecule has 0 N–H and O–H groups in total. The monoisotopic (exact) mass is 282 g/mol. The van der Waals surface area contributed by atoms with Crippen molar-refractivity contribution in [2.24, 2.45) is 0 Å². The fourth-order valence-corrected chi connectivity index (χ4v) is 1.63. The van der Waals surface area contributed by atoms with Gasteiger partial charge in [-0.3, -0.25) is 0 Å². The molecule has 82 valence electrons. The lowest BCUT2D eigenvalue weighted by molar-refractivity contribution is 0.386. The first-order valence-corrected chi connectivity index (χ1v) is 5.32. The number of rotatable bonds is 2. The molecule has 0 atom stereocenters. The van der Waals surface area contributed by atoms with Crippen molar-refractivity contribution in [3.05, 3.63) is 41.0 Å². The number of benzene rings is 1. The predicted octanol–water partition coefficient (Wildman–Crippen LogP) is 3.05. The molecule has 2 aromatic rings. The minimum absolute atomic E-state index is 0.219. The first kappa shape index (κ1) is 11.0. The summed E-state index contributed by atoms with van der Waals surface area (Å²) in [7, 11) is 1.43. The Morgan fingerprint density at radius 1 is 1.31 bits per heavy atom. The van der Waals surface area contributed by atoms with Crippen molar-refractivity contribution >= 4 is 15.9 Å². The van der Waals surface area contributed by atoms with Crippen LogP contribution in [0, 0.1) is 5.82 Å². The number of halogens is 2. The van der Waals surface area contributed by atoms with E-state index in [0.29, 0.717) is 16.0 Å². The molecule has 0 aliphatic heterocycles. The highest BCUT2D eigenvalue weighted by Crippen LogP contribution is 2.24. The molecule has 16 heavy (non-hydrogen) atoms. The van der Waals surface area contributed by atoms with Gasteiger partial charge in [-0.2, -0.15) is 0 Å². The molecule has 1 aromatic carbocycles. The number of nitrogens with zero attached hydrogens (tertiary/aromatic N) is 2. The smallest absolute Gasteiger partial charge is 0.197 e. The van der Waals surface area contributed by atoms with Crippen LogP contribution in [0.5, 0.6) is 5.75 Å². The molecule has 5 heteroatoms. The van der Waals surface area contributed by atoms with Gasteiger partial charge >= 0.3 is 0 Å². The molecule has 0 bridgehead atoms. The third-order valence-corrected chi connectivity index (χ3v) is 2.46. The van der Waals surface area contributed by atoms with Crippen molar-refractivity contribution in [2.45, 2.75) is 0 Å². The Hall–Kier alpha value is -1.49. The molecule has 0 unspecified atom stereocenters. The van der Waals surface area contributed by atoms with Crippen LogP contribution in [-0.4, -0.2) is 17.1 Å². The predicted molar refractivity (Wildman–Crippen MR) is 61.7 cm³/mol. The Morgan fingerprint density at radius 2 is 2.12 bits per heavy atom. The first-order chi connectivity index (χ1) is 7.70. The van der Waals surface area contributed by atoms with Crippen LogP contribution in [0.1, 0.15) is 0 Å². The van der Waals surface area contributed by atoms with Gasteiger partial charge in [0.2, 0.25) is 0 Å². The lowest BCUT2D eigenvalue weighted by Crippen LogP contribution is -1.91. The Kier molecular flexibility index (Phi) is 3.14. The Balaban J connectivity index is 2.45. The van der Waals surface area contributed by atoms with Crippen molar-refractivity contribution in [3.63, 3.8) is 0 Å². The molecule has 0 saturated carbocycles. The van der Waals surface area contributed by atoms with Gasteiger partial charge in [-0.25, -0.2) is 14.4 Å². The standard InChI is InChI=1S/C11H8BrFN2O/c1-16-10-3-2-7(6-8(10)13)9-4-5-14-11(12)15-9/h2-6H,1H3. The van der Waals surface area contributed by atoms with E-state index >= 15 is 0 Å². The van der Waals surface area contributed by atoms with Crippen molar-refractivity contribution in [1.29, 1.82) is 0 Å². The second-order valence-corrected chi connectivity index (χ2v) is 3.77. The Bertz CT molecular complexity index is 519. The average molecular weight is 283 g/mol. The van der Waals surface area contributed by atoms with Crippen LogP contribution < -0.4 is 4.74 Å². The molecule has 1 heterocycles. The van der Waals surface area contributed by atoms with Gasteiger partial charge in [0.05, 0.1) is 12.8 Å². The van der Waals surface area contributed by atoms with Gasteiger partial charge in [-0.1, -0.05) is 0 Å². The van der Waals surface area contributed by atoms with E-state index in [9.17, 15) is 4.39 Å². The van der Waals surface area contributed by atoms with Crippen molar-refractivity contribution in [1.82, 2.24) is 9.97 Å². The van der Waals surface area contributed by atoms with Crippen molar-refractivity contribution in [2.75, 3.05) is 7.11 Å². The molecule has 0 amide bonds. The van der Waals surface area contributed by atoms with E-state index in [1.807, 2.05) is 0 Å². The second-order valence-electron chi connectivity index (χ2n) is 3.06. The fourth-order valence-electron chi connectivity index (χ4n) is 1.32. The third-order valence-electron chi connectivity index (χ3n) is 2.07. The molecule has 0 aliphatic carbocycles. The highest BCUT2D eigenvalue weighted by atomic mass is 79.9. The Morgan fingerprint density at radius 3 is 2.75 bits per heavy atom. The number of ether oxygens (including phenoxy) is 1. The molecule has 0 spiro atoms. The molecule has 0 saturated heterocycles. The molecule has 0 aliphatic rings. The highest BCUT2D eigenvalue weighted by molar-refractivity contribution is 9.10. The minimum atomic E-state index is -0.408. The van der Waals surface area contributed by atoms with Crippen LogP contribution >= 0.6 is 15.9 Å². The van der Waals surface area contributed by atoms with Crippen molar-refractivity contribution < 1.29 is 9.13 Å². The summed E-state index contributed by atoms with van der Waals surface area (Å²) in [6.07, 6.45) is 1.61. The van der Waals surface area contributed by atoms with Crippen LogP contribution in [0.4, 0.5) is 4.39 Å². The summed E-state index contributed by atoms with van der Waals surface area (Å²) < 4.78 is 18.8. The number of aromatic nitrogens is 2. The van der Waals surface area contributed by atoms with Gasteiger partial charge in [0.15, 0.2) is 16.3 Å². The normalized spacial score (nSPS) is 10.2. The molecule has 3 nitrogen and oxygen atoms in total. The highest BCUT2D eigenvalue weighted by Gasteiger charge is 2.06. The first-order valence-electron chi connectivity index (χ1n) is 4.53. The van der Waals surface area contributed by atoms with Crippen LogP contribution in [0.3, 0.4) is 0 Å². The zero-order chi connectivity index (χ0) is 11.5. The van der Waals surface area contributed by atoms with E-state index in [0.717, 1.165) is 0 Å². The topological polar surface area (TPSA) is 35.0 Å². The number of hydrogen-bond donors (Lipinski definition) is 0. The maximum absolute atomic E-state index is 13.5. The molecular formula is C11H8BrFN2O. The van der Waals surface area contributed by atoms with E-state index in [1.165, 1.54) is 13.2 Å². The molecule has 1 aromatic heterocycles. The summed E-state index contributed by atoms with van der Waals surface area (Å²) >= 11 is 3.17. The third kappa shape index (κ3) is 2.19. The summed E-state index contributed by atoms with van der Waals surface area (Å²) in [4.78, 5) is 8.05. The van der Waals surface area contributed by atoms with Crippen LogP contribution in [-0.2, 0) is 0 Å². The van der Waals surface area contributed by atoms with Gasteiger partial charge in [0.1, 0.15) is 0 Å². The van der Waals surface area contributed by atoms with Gasteiger partial charge in [-0.05, 0) is 40.2 Å². The summed E-state index contributed by atoms with van der Waals surface area (Å²) in [6, 6.07) is 6.41. The van der Waals surface area contributed by atoms with E-state index in [2.05, 4.69) is 25.9 Å². The maximum Gasteiger partial charge on any atom is 0.197 e. The lowest BCUT2D eigenvalue weighted by atomic mass is 10.1. The average Bonchev–Trinajstić information content (AvgIpc) is 2.29. The lowest BCUT2D eigenvalue weighted by Gasteiger charge is -2.04. The molecular weight excluding hydrogens is 275 g/mol. The molecule has 0 radical (unpaired) electrons. The Labute approximate surface area is 100 Å². The van der Waals surface area contributed by atoms with E-state index in [-0.39, 0.29) is 5.75 Å². The summed E-state index contributed by atoms with van der Waals surface area (Å²) in [6.45, 7) is 0. The summed E-state index contributed by atoms with van der Waals surface area (Å²) in [5, 5.41) is 0. The number of methoxy groups -OCH3 is 1. The summed E-state index contributed by atoms with van der Waals surface area (Å²) in [5.41, 5.74) is 1.34. The molecule has 2 rings (SSSR count). The maximum atomic E-state index is 13.5. The van der Waals surface area contributed by atoms with E-state index in [1.54, 1.807) is 24.4 Å². The quantitative estimate of drug-likeness (QED) is 0.794. The van der Waals surface area contributed by atoms with Gasteiger partial charge < -0.3 is 4.74 Å². The second kappa shape index (κ2) is 4.57. The summed E-state index contributed by atoms with van der Waals surface area (Å²) in [5.74, 6) is -0.188. The SMILES string of the molecule is COc1ccc(-c2ccnc(Br)n2)cc1F. The zero-order valence-corrected chi connectivity index (χ0v) is 10.0. The van der Waals surface area contributed by atoms with Gasteiger partial charge in [-0.15, -0.1) is 0 Å². The minimum Gasteiger partial charge on any atom is -0.494 e. The zero-order valence-electron chi connectivity index (χ0n) is 8.45. The van der Waals surface area contributed by atoms with Crippen LogP contribution in [0.2, 0.25) is 0 Å². The molecule has 0 fully saturated rings. The van der Waals surface area contributed by atoms with Crippen LogP contribution in [0.15, 0.2) is 35.2 Å². The largest absolute Gasteiger partial charge is 0.494 e. The van der Waals surface area contributed by atoms with E-state index in [4.69, 9.17) is 4.74 Å². The van der Waals surface area contributed by atoms with Gasteiger partial charge in [0.25, 0.3) is 0 Å².